The molecule has 0 aromatic carbocycles. The molecule has 0 radical (unpaired) electrons. The number of nitrogens with zero attached hydrogens (tertiary/aromatic N) is 4. The van der Waals surface area contributed by atoms with E-state index < -0.39 is 0 Å². The van der Waals surface area contributed by atoms with E-state index in [0.29, 0.717) is 24.5 Å². The molecule has 0 spiro atoms. The Bertz CT molecular complexity index is 443. The third-order valence-electron chi connectivity index (χ3n) is 3.14. The molecular formula is C14H25N5O2. The van der Waals surface area contributed by atoms with Crippen molar-refractivity contribution >= 4 is 11.9 Å². The Morgan fingerprint density at radius 2 is 2.19 bits per heavy atom. The van der Waals surface area contributed by atoms with E-state index in [9.17, 15) is 0 Å². The zero-order valence-corrected chi connectivity index (χ0v) is 13.1. The van der Waals surface area contributed by atoms with Crippen molar-refractivity contribution in [1.82, 2.24) is 15.0 Å². The molecule has 1 aromatic heterocycles. The van der Waals surface area contributed by atoms with Crippen LogP contribution in [0.2, 0.25) is 0 Å². The molecule has 1 aliphatic rings. The van der Waals surface area contributed by atoms with Gasteiger partial charge in [0.25, 0.3) is 0 Å². The third-order valence-corrected chi connectivity index (χ3v) is 3.14. The van der Waals surface area contributed by atoms with Crippen molar-refractivity contribution in [2.45, 2.75) is 39.7 Å². The molecule has 118 valence electrons. The molecule has 1 atom stereocenters. The van der Waals surface area contributed by atoms with Crippen molar-refractivity contribution in [2.75, 3.05) is 43.1 Å². The first-order chi connectivity index (χ1) is 10.2. The van der Waals surface area contributed by atoms with Crippen LogP contribution in [0.3, 0.4) is 0 Å². The summed E-state index contributed by atoms with van der Waals surface area (Å²) < 4.78 is 11.1. The number of aromatic nitrogens is 3. The van der Waals surface area contributed by atoms with Gasteiger partial charge in [-0.1, -0.05) is 6.92 Å². The van der Waals surface area contributed by atoms with Crippen molar-refractivity contribution in [3.8, 4) is 6.01 Å². The van der Waals surface area contributed by atoms with Crippen LogP contribution in [0.15, 0.2) is 0 Å². The number of nitrogens with one attached hydrogen (secondary N) is 1. The van der Waals surface area contributed by atoms with Gasteiger partial charge in [0, 0.05) is 26.2 Å². The molecular weight excluding hydrogens is 270 g/mol. The summed E-state index contributed by atoms with van der Waals surface area (Å²) in [6.07, 6.45) is 2.16. The van der Waals surface area contributed by atoms with E-state index in [-0.39, 0.29) is 6.10 Å². The summed E-state index contributed by atoms with van der Waals surface area (Å²) >= 11 is 0. The summed E-state index contributed by atoms with van der Waals surface area (Å²) in [6.45, 7) is 9.90. The van der Waals surface area contributed by atoms with Gasteiger partial charge in [-0.3, -0.25) is 0 Å². The highest BCUT2D eigenvalue weighted by atomic mass is 16.5. The van der Waals surface area contributed by atoms with Crippen LogP contribution < -0.4 is 15.0 Å². The van der Waals surface area contributed by atoms with Crippen LogP contribution >= 0.6 is 0 Å². The second-order valence-corrected chi connectivity index (χ2v) is 5.08. The fraction of sp³-hybridized carbons (Fsp3) is 0.786. The van der Waals surface area contributed by atoms with E-state index in [1.807, 2.05) is 6.92 Å². The van der Waals surface area contributed by atoms with Gasteiger partial charge in [-0.05, 0) is 26.7 Å². The number of rotatable bonds is 6. The molecule has 21 heavy (non-hydrogen) atoms. The second-order valence-electron chi connectivity index (χ2n) is 5.08. The van der Waals surface area contributed by atoms with Crippen LogP contribution in [0.25, 0.3) is 0 Å². The summed E-state index contributed by atoms with van der Waals surface area (Å²) in [5.74, 6) is 1.23. The Morgan fingerprint density at radius 3 is 2.95 bits per heavy atom. The van der Waals surface area contributed by atoms with Crippen molar-refractivity contribution in [1.29, 1.82) is 0 Å². The lowest BCUT2D eigenvalue weighted by Gasteiger charge is -2.22. The lowest BCUT2D eigenvalue weighted by atomic mass is 10.3. The molecule has 0 saturated carbocycles. The van der Waals surface area contributed by atoms with Gasteiger partial charge in [0.1, 0.15) is 0 Å². The normalized spacial score (nSPS) is 19.2. The first-order valence-corrected chi connectivity index (χ1v) is 7.72. The Kier molecular flexibility index (Phi) is 5.98. The highest BCUT2D eigenvalue weighted by Crippen LogP contribution is 2.18. The predicted molar refractivity (Wildman–Crippen MR) is 82.0 cm³/mol. The first-order valence-electron chi connectivity index (χ1n) is 7.72. The molecule has 7 nitrogen and oxygen atoms in total. The van der Waals surface area contributed by atoms with Crippen LogP contribution in [0.5, 0.6) is 6.01 Å². The highest BCUT2D eigenvalue weighted by molar-refractivity contribution is 5.38. The molecule has 1 saturated heterocycles. The van der Waals surface area contributed by atoms with E-state index >= 15 is 0 Å². The fourth-order valence-corrected chi connectivity index (χ4v) is 2.17. The van der Waals surface area contributed by atoms with E-state index in [2.05, 4.69) is 39.0 Å². The molecule has 1 aromatic rings. The van der Waals surface area contributed by atoms with Gasteiger partial charge in [0.2, 0.25) is 11.9 Å². The van der Waals surface area contributed by atoms with Crippen LogP contribution in [-0.2, 0) is 4.74 Å². The number of hydrogen-bond acceptors (Lipinski definition) is 7. The third kappa shape index (κ3) is 4.70. The zero-order valence-electron chi connectivity index (χ0n) is 13.1. The molecule has 1 unspecified atom stereocenters. The van der Waals surface area contributed by atoms with Crippen molar-refractivity contribution in [2.24, 2.45) is 0 Å². The topological polar surface area (TPSA) is 72.4 Å². The van der Waals surface area contributed by atoms with Crippen molar-refractivity contribution in [3.05, 3.63) is 0 Å². The lowest BCUT2D eigenvalue weighted by Crippen LogP contribution is -2.32. The first kappa shape index (κ1) is 15.8. The van der Waals surface area contributed by atoms with Crippen LogP contribution in [-0.4, -0.2) is 53.9 Å². The van der Waals surface area contributed by atoms with Gasteiger partial charge in [-0.15, -0.1) is 0 Å². The minimum atomic E-state index is 0.173. The van der Waals surface area contributed by atoms with Crippen molar-refractivity contribution in [3.63, 3.8) is 0 Å². The summed E-state index contributed by atoms with van der Waals surface area (Å²) in [4.78, 5) is 15.3. The summed E-state index contributed by atoms with van der Waals surface area (Å²) in [5, 5.41) is 3.20. The average molecular weight is 295 g/mol. The van der Waals surface area contributed by atoms with E-state index in [1.165, 1.54) is 0 Å². The molecule has 0 amide bonds. The maximum Gasteiger partial charge on any atom is 0.323 e. The quantitative estimate of drug-likeness (QED) is 0.856. The van der Waals surface area contributed by atoms with Crippen LogP contribution in [0.1, 0.15) is 33.6 Å². The van der Waals surface area contributed by atoms with Gasteiger partial charge < -0.3 is 19.7 Å². The standard InChI is InChI=1S/C14H25N5O2/c1-4-7-15-12-16-13(18-14(17-12)20-5-2)19-8-6-9-21-11(3)10-19/h11H,4-10H2,1-3H3,(H,15,16,17,18). The zero-order chi connectivity index (χ0) is 15.1. The fourth-order valence-electron chi connectivity index (χ4n) is 2.17. The van der Waals surface area contributed by atoms with Gasteiger partial charge in [0.05, 0.1) is 12.7 Å². The van der Waals surface area contributed by atoms with E-state index in [4.69, 9.17) is 9.47 Å². The molecule has 0 bridgehead atoms. The average Bonchev–Trinajstić information content (AvgIpc) is 2.70. The van der Waals surface area contributed by atoms with E-state index in [1.54, 1.807) is 0 Å². The molecule has 2 rings (SSSR count). The SMILES string of the molecule is CCCNc1nc(OCC)nc(N2CCCOC(C)C2)n1. The summed E-state index contributed by atoms with van der Waals surface area (Å²) in [7, 11) is 0. The number of ether oxygens (including phenoxy) is 2. The van der Waals surface area contributed by atoms with Crippen LogP contribution in [0.4, 0.5) is 11.9 Å². The van der Waals surface area contributed by atoms with Gasteiger partial charge in [-0.25, -0.2) is 0 Å². The predicted octanol–water partition coefficient (Wildman–Crippen LogP) is 1.71. The number of hydrogen-bond donors (Lipinski definition) is 1. The molecule has 1 aliphatic heterocycles. The Labute approximate surface area is 126 Å². The minimum absolute atomic E-state index is 0.173. The molecule has 1 N–H and O–H groups in total. The summed E-state index contributed by atoms with van der Waals surface area (Å²) in [5.41, 5.74) is 0. The van der Waals surface area contributed by atoms with Gasteiger partial charge >= 0.3 is 6.01 Å². The van der Waals surface area contributed by atoms with Gasteiger partial charge in [0.15, 0.2) is 0 Å². The minimum Gasteiger partial charge on any atom is -0.464 e. The lowest BCUT2D eigenvalue weighted by molar-refractivity contribution is 0.0820. The Hall–Kier alpha value is -1.63. The Balaban J connectivity index is 2.20. The van der Waals surface area contributed by atoms with Gasteiger partial charge in [-0.2, -0.15) is 15.0 Å². The summed E-state index contributed by atoms with van der Waals surface area (Å²) in [6, 6.07) is 0.374. The van der Waals surface area contributed by atoms with Crippen LogP contribution in [0, 0.1) is 0 Å². The second kappa shape index (κ2) is 7.97. The van der Waals surface area contributed by atoms with Crippen molar-refractivity contribution < 1.29 is 9.47 Å². The maximum atomic E-state index is 5.67. The molecule has 2 heterocycles. The smallest absolute Gasteiger partial charge is 0.323 e. The largest absolute Gasteiger partial charge is 0.464 e. The monoisotopic (exact) mass is 295 g/mol. The number of anilines is 2. The van der Waals surface area contributed by atoms with E-state index in [0.717, 1.165) is 39.1 Å². The molecule has 7 heteroatoms. The molecule has 1 fully saturated rings. The highest BCUT2D eigenvalue weighted by Gasteiger charge is 2.19. The Morgan fingerprint density at radius 1 is 1.33 bits per heavy atom. The maximum absolute atomic E-state index is 5.67. The molecule has 0 aliphatic carbocycles.